The van der Waals surface area contributed by atoms with Crippen LogP contribution in [0.15, 0.2) is 59.8 Å². The van der Waals surface area contributed by atoms with Crippen LogP contribution in [0.25, 0.3) is 0 Å². The molecule has 0 aliphatic heterocycles. The molecule has 6 nitrogen and oxygen atoms in total. The molecule has 0 saturated carbocycles. The number of halogens is 3. The standard InChI is InChI=1S/C21H16Cl2IN3O3/c1-29-18-10-13(11-26-27-21(28)15-6-4-8-25-20(15)23)9-17(24)19(18)30-12-14-5-2-3-7-16(14)22/h2-11H,12H2,1H3,(H,27,28). The van der Waals surface area contributed by atoms with Gasteiger partial charge in [-0.25, -0.2) is 10.4 Å². The minimum absolute atomic E-state index is 0.112. The minimum atomic E-state index is -0.453. The van der Waals surface area contributed by atoms with Gasteiger partial charge in [-0.2, -0.15) is 5.10 Å². The Morgan fingerprint density at radius 2 is 2.03 bits per heavy atom. The summed E-state index contributed by atoms with van der Waals surface area (Å²) in [7, 11) is 1.56. The zero-order valence-electron chi connectivity index (χ0n) is 15.7. The van der Waals surface area contributed by atoms with Crippen molar-refractivity contribution in [3.63, 3.8) is 0 Å². The Bertz CT molecular complexity index is 1090. The van der Waals surface area contributed by atoms with Crippen molar-refractivity contribution in [2.45, 2.75) is 6.61 Å². The van der Waals surface area contributed by atoms with Crippen molar-refractivity contribution in [3.8, 4) is 11.5 Å². The van der Waals surface area contributed by atoms with E-state index in [9.17, 15) is 4.79 Å². The lowest BCUT2D eigenvalue weighted by atomic mass is 10.2. The first kappa shape index (κ1) is 22.3. The van der Waals surface area contributed by atoms with Gasteiger partial charge in [-0.15, -0.1) is 0 Å². The third kappa shape index (κ3) is 5.62. The lowest BCUT2D eigenvalue weighted by molar-refractivity contribution is 0.0955. The van der Waals surface area contributed by atoms with Gasteiger partial charge in [0, 0.05) is 16.8 Å². The molecule has 0 bridgehead atoms. The maximum absolute atomic E-state index is 12.1. The number of ether oxygens (including phenoxy) is 2. The molecule has 0 saturated heterocycles. The van der Waals surface area contributed by atoms with E-state index in [1.54, 1.807) is 25.3 Å². The van der Waals surface area contributed by atoms with Crippen molar-refractivity contribution in [1.29, 1.82) is 0 Å². The van der Waals surface area contributed by atoms with Gasteiger partial charge in [-0.3, -0.25) is 4.79 Å². The molecule has 0 fully saturated rings. The average molecular weight is 556 g/mol. The largest absolute Gasteiger partial charge is 0.493 e. The molecule has 0 aliphatic carbocycles. The number of benzene rings is 2. The van der Waals surface area contributed by atoms with Crippen molar-refractivity contribution in [1.82, 2.24) is 10.4 Å². The highest BCUT2D eigenvalue weighted by molar-refractivity contribution is 14.1. The third-order valence-corrected chi connectivity index (χ3v) is 5.44. The Labute approximate surface area is 197 Å². The second kappa shape index (κ2) is 10.6. The lowest BCUT2D eigenvalue weighted by Gasteiger charge is -2.14. The van der Waals surface area contributed by atoms with E-state index in [1.807, 2.05) is 30.3 Å². The van der Waals surface area contributed by atoms with Crippen molar-refractivity contribution < 1.29 is 14.3 Å². The molecule has 0 atom stereocenters. The van der Waals surface area contributed by atoms with Crippen LogP contribution in [-0.2, 0) is 6.61 Å². The minimum Gasteiger partial charge on any atom is -0.493 e. The van der Waals surface area contributed by atoms with Gasteiger partial charge in [0.05, 0.1) is 22.5 Å². The van der Waals surface area contributed by atoms with Crippen LogP contribution in [0.3, 0.4) is 0 Å². The number of hydrogen-bond acceptors (Lipinski definition) is 5. The summed E-state index contributed by atoms with van der Waals surface area (Å²) in [6.45, 7) is 0.307. The fourth-order valence-electron chi connectivity index (χ4n) is 2.50. The molecule has 3 rings (SSSR count). The number of carbonyl (C=O) groups excluding carboxylic acids is 1. The first-order chi connectivity index (χ1) is 14.5. The molecule has 0 unspecified atom stereocenters. The Morgan fingerprint density at radius 3 is 2.77 bits per heavy atom. The molecule has 9 heteroatoms. The first-order valence-corrected chi connectivity index (χ1v) is 10.5. The van der Waals surface area contributed by atoms with E-state index in [0.717, 1.165) is 14.7 Å². The van der Waals surface area contributed by atoms with Gasteiger partial charge in [0.2, 0.25) is 0 Å². The summed E-state index contributed by atoms with van der Waals surface area (Å²) < 4.78 is 12.2. The second-order valence-electron chi connectivity index (χ2n) is 5.96. The van der Waals surface area contributed by atoms with Gasteiger partial charge in [0.1, 0.15) is 11.8 Å². The molecule has 0 aliphatic rings. The highest BCUT2D eigenvalue weighted by atomic mass is 127. The molecule has 1 N–H and O–H groups in total. The summed E-state index contributed by atoms with van der Waals surface area (Å²) in [5.74, 6) is 0.684. The number of rotatable bonds is 7. The number of amides is 1. The van der Waals surface area contributed by atoms with E-state index in [-0.39, 0.29) is 10.7 Å². The molecule has 1 aromatic heterocycles. The van der Waals surface area contributed by atoms with Crippen LogP contribution in [0.2, 0.25) is 10.2 Å². The number of carbonyl (C=O) groups is 1. The predicted molar refractivity (Wildman–Crippen MR) is 126 cm³/mol. The Morgan fingerprint density at radius 1 is 1.23 bits per heavy atom. The van der Waals surface area contributed by atoms with E-state index >= 15 is 0 Å². The number of methoxy groups -OCH3 is 1. The van der Waals surface area contributed by atoms with Gasteiger partial charge in [-0.1, -0.05) is 41.4 Å². The van der Waals surface area contributed by atoms with Crippen molar-refractivity contribution in [2.24, 2.45) is 5.10 Å². The van der Waals surface area contributed by atoms with E-state index in [1.165, 1.54) is 12.4 Å². The van der Waals surface area contributed by atoms with Crippen molar-refractivity contribution >= 4 is 57.9 Å². The van der Waals surface area contributed by atoms with E-state index in [0.29, 0.717) is 23.1 Å². The molecule has 0 spiro atoms. The van der Waals surface area contributed by atoms with E-state index < -0.39 is 5.91 Å². The topological polar surface area (TPSA) is 72.8 Å². The van der Waals surface area contributed by atoms with Gasteiger partial charge >= 0.3 is 0 Å². The van der Waals surface area contributed by atoms with E-state index in [2.05, 4.69) is 38.1 Å². The molecule has 30 heavy (non-hydrogen) atoms. The number of nitrogens with one attached hydrogen (secondary N) is 1. The molecule has 154 valence electrons. The highest BCUT2D eigenvalue weighted by Gasteiger charge is 2.13. The van der Waals surface area contributed by atoms with Crippen molar-refractivity contribution in [3.05, 3.63) is 85.2 Å². The molecule has 1 heterocycles. The van der Waals surface area contributed by atoms with Gasteiger partial charge in [-0.05, 0) is 58.5 Å². The van der Waals surface area contributed by atoms with Crippen LogP contribution in [0.5, 0.6) is 11.5 Å². The quantitative estimate of drug-likeness (QED) is 0.185. The summed E-state index contributed by atoms with van der Waals surface area (Å²) in [4.78, 5) is 16.0. The highest BCUT2D eigenvalue weighted by Crippen LogP contribution is 2.34. The van der Waals surface area contributed by atoms with Crippen LogP contribution < -0.4 is 14.9 Å². The van der Waals surface area contributed by atoms with Crippen LogP contribution >= 0.6 is 45.8 Å². The number of nitrogens with zero attached hydrogens (tertiary/aromatic N) is 2. The normalized spacial score (nSPS) is 10.8. The molecule has 1 amide bonds. The first-order valence-electron chi connectivity index (χ1n) is 8.67. The van der Waals surface area contributed by atoms with E-state index in [4.69, 9.17) is 32.7 Å². The van der Waals surface area contributed by atoms with Gasteiger partial charge < -0.3 is 9.47 Å². The second-order valence-corrected chi connectivity index (χ2v) is 7.88. The maximum atomic E-state index is 12.1. The SMILES string of the molecule is COc1cc(C=NNC(=O)c2cccnc2Cl)cc(I)c1OCc1ccccc1Cl. The summed E-state index contributed by atoms with van der Waals surface area (Å²) in [5.41, 5.74) is 4.27. The summed E-state index contributed by atoms with van der Waals surface area (Å²) >= 11 is 14.3. The molecule has 0 radical (unpaired) electrons. The van der Waals surface area contributed by atoms with Gasteiger partial charge in [0.25, 0.3) is 5.91 Å². The van der Waals surface area contributed by atoms with Crippen LogP contribution in [0.4, 0.5) is 0 Å². The Balaban J connectivity index is 1.72. The zero-order chi connectivity index (χ0) is 21.5. The lowest BCUT2D eigenvalue weighted by Crippen LogP contribution is -2.18. The Hall–Kier alpha value is -2.36. The smallest absolute Gasteiger partial charge is 0.274 e. The number of hydrazone groups is 1. The fourth-order valence-corrected chi connectivity index (χ4v) is 3.68. The van der Waals surface area contributed by atoms with Crippen molar-refractivity contribution in [2.75, 3.05) is 7.11 Å². The zero-order valence-corrected chi connectivity index (χ0v) is 19.4. The summed E-state index contributed by atoms with van der Waals surface area (Å²) in [6, 6.07) is 14.3. The number of hydrogen-bond donors (Lipinski definition) is 1. The summed E-state index contributed by atoms with van der Waals surface area (Å²) in [6.07, 6.45) is 3.01. The molecule has 3 aromatic rings. The van der Waals surface area contributed by atoms with Gasteiger partial charge in [0.15, 0.2) is 11.5 Å². The average Bonchev–Trinajstić information content (AvgIpc) is 2.74. The molecular formula is C21H16Cl2IN3O3. The van der Waals surface area contributed by atoms with Crippen LogP contribution in [0.1, 0.15) is 21.5 Å². The van der Waals surface area contributed by atoms with Crippen LogP contribution in [0, 0.1) is 3.57 Å². The Kier molecular flexibility index (Phi) is 7.89. The molecule has 2 aromatic carbocycles. The number of pyridine rings is 1. The van der Waals surface area contributed by atoms with Crippen LogP contribution in [-0.4, -0.2) is 24.2 Å². The number of aromatic nitrogens is 1. The predicted octanol–water partition coefficient (Wildman–Crippen LogP) is 5.34. The third-order valence-electron chi connectivity index (χ3n) is 3.97. The maximum Gasteiger partial charge on any atom is 0.274 e. The monoisotopic (exact) mass is 555 g/mol. The molecular weight excluding hydrogens is 540 g/mol. The fraction of sp³-hybridized carbons (Fsp3) is 0.0952. The summed E-state index contributed by atoms with van der Waals surface area (Å²) in [5, 5.41) is 4.73.